The number of benzene rings is 1. The van der Waals surface area contributed by atoms with Crippen LogP contribution in [0.25, 0.3) is 0 Å². The van der Waals surface area contributed by atoms with Crippen molar-refractivity contribution in [2.75, 3.05) is 62.3 Å². The summed E-state index contributed by atoms with van der Waals surface area (Å²) in [6, 6.07) is 10.2. The molecule has 2 aliphatic heterocycles. The molecular weight excluding hydrogens is 404 g/mol. The number of anilines is 2. The Kier molecular flexibility index (Phi) is 5.85. The third kappa shape index (κ3) is 4.09. The normalized spacial score (nSPS) is 18.3. The average Bonchev–Trinajstić information content (AvgIpc) is 2.79. The van der Waals surface area contributed by atoms with Gasteiger partial charge in [-0.3, -0.25) is 0 Å². The summed E-state index contributed by atoms with van der Waals surface area (Å²) in [6.45, 7) is 6.48. The highest BCUT2D eigenvalue weighted by molar-refractivity contribution is 7.89. The van der Waals surface area contributed by atoms with Gasteiger partial charge in [0.05, 0.1) is 23.7 Å². The zero-order valence-corrected chi connectivity index (χ0v) is 17.7. The van der Waals surface area contributed by atoms with Crippen molar-refractivity contribution in [3.63, 3.8) is 0 Å². The SMILES string of the molecule is Cc1cc(N2CCOCC2)nc(N2CCN(S(=O)(=O)c3ccccc3C#N)CC2)n1. The van der Waals surface area contributed by atoms with Crippen LogP contribution in [-0.4, -0.2) is 75.2 Å². The summed E-state index contributed by atoms with van der Waals surface area (Å²) in [5.41, 5.74) is 1.04. The first-order valence-electron chi connectivity index (χ1n) is 9.91. The van der Waals surface area contributed by atoms with Crippen molar-refractivity contribution < 1.29 is 13.2 Å². The van der Waals surface area contributed by atoms with E-state index in [-0.39, 0.29) is 10.5 Å². The van der Waals surface area contributed by atoms with Crippen LogP contribution in [-0.2, 0) is 14.8 Å². The monoisotopic (exact) mass is 428 g/mol. The first-order chi connectivity index (χ1) is 14.5. The lowest BCUT2D eigenvalue weighted by molar-refractivity contribution is 0.122. The maximum atomic E-state index is 13.0. The molecule has 2 aliphatic rings. The molecule has 10 heteroatoms. The lowest BCUT2D eigenvalue weighted by atomic mass is 10.2. The van der Waals surface area contributed by atoms with Crippen molar-refractivity contribution >= 4 is 21.8 Å². The van der Waals surface area contributed by atoms with Gasteiger partial charge < -0.3 is 14.5 Å². The Morgan fingerprint density at radius 3 is 2.40 bits per heavy atom. The van der Waals surface area contributed by atoms with Gasteiger partial charge in [-0.25, -0.2) is 13.4 Å². The molecule has 2 saturated heterocycles. The summed E-state index contributed by atoms with van der Waals surface area (Å²) < 4.78 is 32.9. The summed E-state index contributed by atoms with van der Waals surface area (Å²) in [6.07, 6.45) is 0. The van der Waals surface area contributed by atoms with Gasteiger partial charge in [0.2, 0.25) is 16.0 Å². The van der Waals surface area contributed by atoms with Crippen LogP contribution in [0.15, 0.2) is 35.2 Å². The maximum Gasteiger partial charge on any atom is 0.244 e. The highest BCUT2D eigenvalue weighted by Crippen LogP contribution is 2.23. The van der Waals surface area contributed by atoms with E-state index < -0.39 is 10.0 Å². The minimum absolute atomic E-state index is 0.0577. The molecule has 1 aromatic heterocycles. The number of rotatable bonds is 4. The van der Waals surface area contributed by atoms with Gasteiger partial charge in [0, 0.05) is 51.0 Å². The van der Waals surface area contributed by atoms with Crippen LogP contribution in [0.5, 0.6) is 0 Å². The lowest BCUT2D eigenvalue weighted by Gasteiger charge is -2.35. The predicted molar refractivity (Wildman–Crippen MR) is 112 cm³/mol. The largest absolute Gasteiger partial charge is 0.378 e. The summed E-state index contributed by atoms with van der Waals surface area (Å²) in [7, 11) is -3.72. The van der Waals surface area contributed by atoms with Crippen LogP contribution in [0, 0.1) is 18.3 Å². The summed E-state index contributed by atoms with van der Waals surface area (Å²) in [4.78, 5) is 13.6. The summed E-state index contributed by atoms with van der Waals surface area (Å²) in [5.74, 6) is 1.49. The second-order valence-corrected chi connectivity index (χ2v) is 9.17. The number of nitrogens with zero attached hydrogens (tertiary/aromatic N) is 6. The number of hydrogen-bond donors (Lipinski definition) is 0. The van der Waals surface area contributed by atoms with Gasteiger partial charge in [0.1, 0.15) is 11.9 Å². The highest BCUT2D eigenvalue weighted by atomic mass is 32.2. The van der Waals surface area contributed by atoms with Crippen molar-refractivity contribution in [2.45, 2.75) is 11.8 Å². The molecule has 30 heavy (non-hydrogen) atoms. The predicted octanol–water partition coefficient (Wildman–Crippen LogP) is 1.00. The molecule has 1 aromatic carbocycles. The topological polar surface area (TPSA) is 103 Å². The molecule has 0 bridgehead atoms. The van der Waals surface area contributed by atoms with Crippen molar-refractivity contribution in [3.8, 4) is 6.07 Å². The Labute approximate surface area is 176 Å². The number of aromatic nitrogens is 2. The zero-order valence-electron chi connectivity index (χ0n) is 16.9. The number of nitriles is 1. The van der Waals surface area contributed by atoms with E-state index in [4.69, 9.17) is 9.72 Å². The molecule has 2 fully saturated rings. The third-order valence-electron chi connectivity index (χ3n) is 5.31. The molecule has 0 unspecified atom stereocenters. The smallest absolute Gasteiger partial charge is 0.244 e. The van der Waals surface area contributed by atoms with Gasteiger partial charge >= 0.3 is 0 Å². The Morgan fingerprint density at radius 1 is 1.00 bits per heavy atom. The Morgan fingerprint density at radius 2 is 1.70 bits per heavy atom. The average molecular weight is 429 g/mol. The van der Waals surface area contributed by atoms with Gasteiger partial charge in [-0.2, -0.15) is 14.6 Å². The maximum absolute atomic E-state index is 13.0. The van der Waals surface area contributed by atoms with Crippen molar-refractivity contribution in [1.29, 1.82) is 5.26 Å². The number of hydrogen-bond acceptors (Lipinski definition) is 8. The van der Waals surface area contributed by atoms with Crippen LogP contribution in [0.2, 0.25) is 0 Å². The van der Waals surface area contributed by atoms with Crippen LogP contribution in [0.1, 0.15) is 11.3 Å². The Hall–Kier alpha value is -2.74. The van der Waals surface area contributed by atoms with E-state index >= 15 is 0 Å². The molecular formula is C20H24N6O3S. The molecule has 0 saturated carbocycles. The van der Waals surface area contributed by atoms with E-state index in [1.165, 1.54) is 16.4 Å². The minimum atomic E-state index is -3.72. The first kappa shape index (κ1) is 20.5. The van der Waals surface area contributed by atoms with Crippen molar-refractivity contribution in [3.05, 3.63) is 41.6 Å². The Bertz CT molecular complexity index is 1050. The zero-order chi connectivity index (χ0) is 21.1. The standard InChI is InChI=1S/C20H24N6O3S/c1-16-14-19(24-10-12-29-13-11-24)23-20(22-16)25-6-8-26(9-7-25)30(27,28)18-5-3-2-4-17(18)15-21/h2-5,14H,6-13H2,1H3. The molecule has 0 N–H and O–H groups in total. The van der Waals surface area contributed by atoms with Gasteiger partial charge in [-0.1, -0.05) is 12.1 Å². The fourth-order valence-electron chi connectivity index (χ4n) is 3.68. The summed E-state index contributed by atoms with van der Waals surface area (Å²) >= 11 is 0. The van der Waals surface area contributed by atoms with Gasteiger partial charge in [0.25, 0.3) is 0 Å². The van der Waals surface area contributed by atoms with E-state index in [1.54, 1.807) is 12.1 Å². The van der Waals surface area contributed by atoms with Crippen LogP contribution in [0.3, 0.4) is 0 Å². The van der Waals surface area contributed by atoms with Crippen molar-refractivity contribution in [2.24, 2.45) is 0 Å². The lowest BCUT2D eigenvalue weighted by Crippen LogP contribution is -2.49. The molecule has 3 heterocycles. The molecule has 0 amide bonds. The Balaban J connectivity index is 1.50. The number of sulfonamides is 1. The molecule has 158 valence electrons. The molecule has 9 nitrogen and oxygen atoms in total. The van der Waals surface area contributed by atoms with E-state index in [0.29, 0.717) is 45.3 Å². The van der Waals surface area contributed by atoms with Crippen LogP contribution < -0.4 is 9.80 Å². The van der Waals surface area contributed by atoms with Crippen molar-refractivity contribution in [1.82, 2.24) is 14.3 Å². The molecule has 0 atom stereocenters. The molecule has 0 aliphatic carbocycles. The number of ether oxygens (including phenoxy) is 1. The second-order valence-electron chi connectivity index (χ2n) is 7.27. The van der Waals surface area contributed by atoms with Crippen LogP contribution >= 0.6 is 0 Å². The molecule has 4 rings (SSSR count). The molecule has 2 aromatic rings. The van der Waals surface area contributed by atoms with E-state index in [2.05, 4.69) is 9.88 Å². The first-order valence-corrected chi connectivity index (χ1v) is 11.4. The summed E-state index contributed by atoms with van der Waals surface area (Å²) in [5, 5.41) is 9.26. The fourth-order valence-corrected chi connectivity index (χ4v) is 5.25. The third-order valence-corrected chi connectivity index (χ3v) is 7.27. The van der Waals surface area contributed by atoms with Crippen LogP contribution in [0.4, 0.5) is 11.8 Å². The quantitative estimate of drug-likeness (QED) is 0.711. The minimum Gasteiger partial charge on any atom is -0.378 e. The number of aryl methyl sites for hydroxylation is 1. The molecule has 0 radical (unpaired) electrons. The molecule has 0 spiro atoms. The van der Waals surface area contributed by atoms with Gasteiger partial charge in [-0.15, -0.1) is 0 Å². The van der Waals surface area contributed by atoms with Gasteiger partial charge in [-0.05, 0) is 19.1 Å². The second kappa shape index (κ2) is 8.55. The van der Waals surface area contributed by atoms with E-state index in [9.17, 15) is 13.7 Å². The van der Waals surface area contributed by atoms with Gasteiger partial charge in [0.15, 0.2) is 0 Å². The number of morpholine rings is 1. The van der Waals surface area contributed by atoms with E-state index in [1.807, 2.05) is 24.0 Å². The van der Waals surface area contributed by atoms with E-state index in [0.717, 1.165) is 24.6 Å². The fraction of sp³-hybridized carbons (Fsp3) is 0.450. The highest BCUT2D eigenvalue weighted by Gasteiger charge is 2.31. The number of piperazine rings is 1.